The standard InChI is InChI=1S/C12H13Cl3N2O4S/c13-12(14,15)10-8(17-3-1-2-4-17)5-7(11(18)19)6-9(10)22(16,20)21/h5-6H,1-4H2,(H,18,19)(H2,16,20,21). The van der Waals surface area contributed by atoms with Crippen molar-refractivity contribution in [3.8, 4) is 0 Å². The average molecular weight is 388 g/mol. The lowest BCUT2D eigenvalue weighted by molar-refractivity contribution is 0.0696. The summed E-state index contributed by atoms with van der Waals surface area (Å²) in [7, 11) is -4.27. The summed E-state index contributed by atoms with van der Waals surface area (Å²) >= 11 is 17.8. The molecule has 1 aliphatic heterocycles. The quantitative estimate of drug-likeness (QED) is 0.776. The van der Waals surface area contributed by atoms with E-state index in [4.69, 9.17) is 39.9 Å². The van der Waals surface area contributed by atoms with E-state index in [0.29, 0.717) is 13.1 Å². The van der Waals surface area contributed by atoms with Crippen LogP contribution in [-0.2, 0) is 13.8 Å². The number of alkyl halides is 3. The molecule has 1 aromatic carbocycles. The van der Waals surface area contributed by atoms with Crippen molar-refractivity contribution in [2.24, 2.45) is 5.14 Å². The van der Waals surface area contributed by atoms with Gasteiger partial charge in [-0.2, -0.15) is 0 Å². The van der Waals surface area contributed by atoms with Crippen LogP contribution in [0.4, 0.5) is 5.69 Å². The third-order valence-corrected chi connectivity index (χ3v) is 4.87. The molecule has 1 fully saturated rings. The van der Waals surface area contributed by atoms with Crippen LogP contribution in [0.15, 0.2) is 17.0 Å². The van der Waals surface area contributed by atoms with E-state index in [1.165, 1.54) is 6.07 Å². The molecule has 0 radical (unpaired) electrons. The molecule has 122 valence electrons. The molecular formula is C12H13Cl3N2O4S. The fourth-order valence-corrected chi connectivity index (χ4v) is 4.04. The first-order valence-corrected chi connectivity index (χ1v) is 8.96. The molecule has 0 unspecified atom stereocenters. The van der Waals surface area contributed by atoms with Gasteiger partial charge < -0.3 is 10.0 Å². The Morgan fingerprint density at radius 2 is 1.77 bits per heavy atom. The first-order valence-electron chi connectivity index (χ1n) is 6.28. The zero-order chi connectivity index (χ0) is 16.7. The summed E-state index contributed by atoms with van der Waals surface area (Å²) in [6, 6.07) is 2.22. The van der Waals surface area contributed by atoms with E-state index in [1.54, 1.807) is 4.90 Å². The van der Waals surface area contributed by atoms with E-state index in [9.17, 15) is 18.3 Å². The number of carboxylic acid groups (broad SMARTS) is 1. The number of halogens is 3. The molecule has 0 saturated carbocycles. The number of anilines is 1. The highest BCUT2D eigenvalue weighted by Crippen LogP contribution is 2.47. The van der Waals surface area contributed by atoms with Crippen molar-refractivity contribution in [1.29, 1.82) is 0 Å². The fraction of sp³-hybridized carbons (Fsp3) is 0.417. The largest absolute Gasteiger partial charge is 0.478 e. The summed E-state index contributed by atoms with van der Waals surface area (Å²) in [5, 5.41) is 14.4. The van der Waals surface area contributed by atoms with Gasteiger partial charge in [0, 0.05) is 24.3 Å². The Morgan fingerprint density at radius 3 is 2.18 bits per heavy atom. The van der Waals surface area contributed by atoms with Gasteiger partial charge in [-0.05, 0) is 25.0 Å². The minimum atomic E-state index is -4.27. The zero-order valence-electron chi connectivity index (χ0n) is 11.2. The second kappa shape index (κ2) is 6.05. The van der Waals surface area contributed by atoms with Crippen LogP contribution in [0.25, 0.3) is 0 Å². The Labute approximate surface area is 142 Å². The van der Waals surface area contributed by atoms with Gasteiger partial charge in [-0.1, -0.05) is 34.8 Å². The van der Waals surface area contributed by atoms with Crippen molar-refractivity contribution in [2.75, 3.05) is 18.0 Å². The topological polar surface area (TPSA) is 101 Å². The molecule has 0 aliphatic carbocycles. The molecule has 0 amide bonds. The predicted molar refractivity (Wildman–Crippen MR) is 85.5 cm³/mol. The van der Waals surface area contributed by atoms with Crippen LogP contribution in [0.1, 0.15) is 28.8 Å². The van der Waals surface area contributed by atoms with Gasteiger partial charge in [0.25, 0.3) is 0 Å². The minimum Gasteiger partial charge on any atom is -0.478 e. The van der Waals surface area contributed by atoms with E-state index >= 15 is 0 Å². The second-order valence-electron chi connectivity index (χ2n) is 4.91. The van der Waals surface area contributed by atoms with Crippen LogP contribution >= 0.6 is 34.8 Å². The van der Waals surface area contributed by atoms with E-state index < -0.39 is 24.7 Å². The van der Waals surface area contributed by atoms with Crippen molar-refractivity contribution < 1.29 is 18.3 Å². The number of primary sulfonamides is 1. The molecule has 2 rings (SSSR count). The van der Waals surface area contributed by atoms with Crippen LogP contribution in [0.2, 0.25) is 0 Å². The van der Waals surface area contributed by atoms with Crippen molar-refractivity contribution in [3.63, 3.8) is 0 Å². The average Bonchev–Trinajstić information content (AvgIpc) is 2.88. The lowest BCUT2D eigenvalue weighted by atomic mass is 10.1. The fourth-order valence-electron chi connectivity index (χ4n) is 2.44. The highest BCUT2D eigenvalue weighted by molar-refractivity contribution is 7.89. The van der Waals surface area contributed by atoms with Gasteiger partial charge in [0.15, 0.2) is 0 Å². The van der Waals surface area contributed by atoms with E-state index in [1.807, 2.05) is 0 Å². The van der Waals surface area contributed by atoms with Gasteiger partial charge in [0.1, 0.15) is 0 Å². The monoisotopic (exact) mass is 386 g/mol. The van der Waals surface area contributed by atoms with Crippen LogP contribution in [0.3, 0.4) is 0 Å². The summed E-state index contributed by atoms with van der Waals surface area (Å²) in [6.45, 7) is 1.22. The number of nitrogens with two attached hydrogens (primary N) is 1. The number of hydrogen-bond donors (Lipinski definition) is 2. The molecule has 0 aromatic heterocycles. The van der Waals surface area contributed by atoms with E-state index in [-0.39, 0.29) is 16.8 Å². The van der Waals surface area contributed by atoms with Crippen molar-refractivity contribution in [1.82, 2.24) is 0 Å². The van der Waals surface area contributed by atoms with Crippen LogP contribution in [-0.4, -0.2) is 32.6 Å². The molecule has 0 bridgehead atoms. The summed E-state index contributed by atoms with van der Waals surface area (Å²) in [6.07, 6.45) is 1.75. The van der Waals surface area contributed by atoms with Gasteiger partial charge >= 0.3 is 5.97 Å². The Kier molecular flexibility index (Phi) is 4.85. The molecule has 3 N–H and O–H groups in total. The van der Waals surface area contributed by atoms with Crippen LogP contribution in [0, 0.1) is 0 Å². The number of sulfonamides is 1. The second-order valence-corrected chi connectivity index (χ2v) is 8.72. The Hall–Kier alpha value is -0.730. The number of hydrogen-bond acceptors (Lipinski definition) is 4. The maximum absolute atomic E-state index is 11.8. The predicted octanol–water partition coefficient (Wildman–Crippen LogP) is 2.46. The maximum Gasteiger partial charge on any atom is 0.335 e. The number of benzene rings is 1. The molecule has 0 atom stereocenters. The van der Waals surface area contributed by atoms with Gasteiger partial charge in [0.05, 0.1) is 10.5 Å². The molecule has 0 spiro atoms. The van der Waals surface area contributed by atoms with Crippen LogP contribution < -0.4 is 10.0 Å². The summed E-state index contributed by atoms with van der Waals surface area (Å²) in [4.78, 5) is 12.6. The molecule has 10 heteroatoms. The molecular weight excluding hydrogens is 375 g/mol. The molecule has 1 aliphatic rings. The zero-order valence-corrected chi connectivity index (χ0v) is 14.3. The Bertz CT molecular complexity index is 710. The molecule has 1 heterocycles. The Balaban J connectivity index is 2.83. The summed E-state index contributed by atoms with van der Waals surface area (Å²) in [5.41, 5.74) is -0.0859. The van der Waals surface area contributed by atoms with E-state index in [0.717, 1.165) is 18.9 Å². The van der Waals surface area contributed by atoms with E-state index in [2.05, 4.69) is 0 Å². The third kappa shape index (κ3) is 3.60. The molecule has 22 heavy (non-hydrogen) atoms. The van der Waals surface area contributed by atoms with Crippen LogP contribution in [0.5, 0.6) is 0 Å². The molecule has 1 saturated heterocycles. The van der Waals surface area contributed by atoms with Gasteiger partial charge in [0.2, 0.25) is 13.8 Å². The minimum absolute atomic E-state index is 0.119. The summed E-state index contributed by atoms with van der Waals surface area (Å²) in [5.74, 6) is -1.29. The number of carbonyl (C=O) groups is 1. The van der Waals surface area contributed by atoms with Crippen molar-refractivity contribution >= 4 is 56.5 Å². The lowest BCUT2D eigenvalue weighted by Crippen LogP contribution is -2.26. The number of carboxylic acids is 1. The number of rotatable bonds is 3. The lowest BCUT2D eigenvalue weighted by Gasteiger charge is -2.27. The van der Waals surface area contributed by atoms with Gasteiger partial charge in [-0.3, -0.25) is 0 Å². The third-order valence-electron chi connectivity index (χ3n) is 3.37. The van der Waals surface area contributed by atoms with Gasteiger partial charge in [-0.15, -0.1) is 0 Å². The maximum atomic E-state index is 11.8. The smallest absolute Gasteiger partial charge is 0.335 e. The molecule has 1 aromatic rings. The Morgan fingerprint density at radius 1 is 1.23 bits per heavy atom. The number of nitrogens with zero attached hydrogens (tertiary/aromatic N) is 1. The van der Waals surface area contributed by atoms with Crippen molar-refractivity contribution in [3.05, 3.63) is 23.3 Å². The first kappa shape index (κ1) is 17.6. The van der Waals surface area contributed by atoms with Crippen molar-refractivity contribution in [2.45, 2.75) is 21.5 Å². The normalized spacial score (nSPS) is 16.1. The number of aromatic carboxylic acids is 1. The summed E-state index contributed by atoms with van der Waals surface area (Å²) < 4.78 is 21.6. The SMILES string of the molecule is NS(=O)(=O)c1cc(C(=O)O)cc(N2CCCC2)c1C(Cl)(Cl)Cl. The molecule has 6 nitrogen and oxygen atoms in total. The highest BCUT2D eigenvalue weighted by atomic mass is 35.6. The van der Waals surface area contributed by atoms with Gasteiger partial charge in [-0.25, -0.2) is 18.4 Å². The highest BCUT2D eigenvalue weighted by Gasteiger charge is 2.36. The first-order chi connectivity index (χ1) is 10.0.